The number of nitrogens with one attached hydrogen (secondary N) is 3. The fourth-order valence-electron chi connectivity index (χ4n) is 4.87. The van der Waals surface area contributed by atoms with Crippen LogP contribution < -0.4 is 20.9 Å². The monoisotopic (exact) mass is 566 g/mol. The van der Waals surface area contributed by atoms with Crippen molar-refractivity contribution in [3.8, 4) is 23.3 Å². The minimum Gasteiger partial charge on any atom is -0.506 e. The second-order valence-electron chi connectivity index (χ2n) is 9.93. The van der Waals surface area contributed by atoms with Crippen molar-refractivity contribution >= 4 is 34.1 Å². The molecule has 0 aliphatic heterocycles. The number of aliphatic hydroxyl groups excluding tert-OH is 1. The zero-order chi connectivity index (χ0) is 28.6. The first-order chi connectivity index (χ1) is 19.3. The van der Waals surface area contributed by atoms with Crippen LogP contribution in [0.5, 0.6) is 11.5 Å². The molecule has 0 saturated carbocycles. The molecule has 212 valence electrons. The number of aromatic nitrogens is 1. The standard InChI is InChI=1S/C30H35ClN4O5/c1-35(20-6-4-3-5-7-20)15-13-29(39)33-24-17-27(40-2)19(16-23(24)31)12-14-32-18-26(37)21-8-10-25(36)30-22(21)9-11-28(38)34-30/h8-11,16-17,20,26,32,36-37H,4,6-7,12-15,18H2,1-2H3,(H,33,39)(H,34,38)/t20?,26-/m0/s1. The number of carbonyl (C=O) groups excluding carboxylic acids is 1. The van der Waals surface area contributed by atoms with Crippen LogP contribution in [0.2, 0.25) is 5.02 Å². The number of aliphatic hydroxyl groups is 1. The zero-order valence-electron chi connectivity index (χ0n) is 22.7. The first kappa shape index (κ1) is 29.4. The lowest BCUT2D eigenvalue weighted by Crippen LogP contribution is -2.34. The highest BCUT2D eigenvalue weighted by molar-refractivity contribution is 6.33. The van der Waals surface area contributed by atoms with E-state index in [-0.39, 0.29) is 23.8 Å². The Morgan fingerprint density at radius 2 is 2.10 bits per heavy atom. The molecule has 2 atom stereocenters. The van der Waals surface area contributed by atoms with Gasteiger partial charge in [0.25, 0.3) is 0 Å². The number of H-pyrrole nitrogens is 1. The molecule has 0 spiro atoms. The predicted molar refractivity (Wildman–Crippen MR) is 157 cm³/mol. The molecule has 1 amide bonds. The van der Waals surface area contributed by atoms with Crippen LogP contribution in [0.15, 0.2) is 41.2 Å². The van der Waals surface area contributed by atoms with Crippen molar-refractivity contribution in [1.29, 1.82) is 0 Å². The number of aromatic hydroxyl groups is 1. The van der Waals surface area contributed by atoms with Crippen LogP contribution >= 0.6 is 11.6 Å². The number of phenols is 1. The van der Waals surface area contributed by atoms with E-state index >= 15 is 0 Å². The smallest absolute Gasteiger partial charge is 0.248 e. The molecule has 5 N–H and O–H groups in total. The summed E-state index contributed by atoms with van der Waals surface area (Å²) >= 11 is 6.51. The average molecular weight is 567 g/mol. The molecule has 1 aliphatic rings. The van der Waals surface area contributed by atoms with E-state index in [0.717, 1.165) is 24.8 Å². The average Bonchev–Trinajstić information content (AvgIpc) is 2.96. The molecule has 1 heterocycles. The number of fused-ring (bicyclic) bond motifs is 1. The minimum absolute atomic E-state index is 0.0534. The zero-order valence-corrected chi connectivity index (χ0v) is 23.5. The number of aromatic amines is 1. The van der Waals surface area contributed by atoms with Crippen LogP contribution in [0.3, 0.4) is 0 Å². The van der Waals surface area contributed by atoms with E-state index in [2.05, 4.69) is 32.4 Å². The highest BCUT2D eigenvalue weighted by Gasteiger charge is 2.18. The van der Waals surface area contributed by atoms with Crippen molar-refractivity contribution in [3.63, 3.8) is 0 Å². The van der Waals surface area contributed by atoms with Gasteiger partial charge in [-0.3, -0.25) is 9.59 Å². The first-order valence-electron chi connectivity index (χ1n) is 13.3. The summed E-state index contributed by atoms with van der Waals surface area (Å²) in [5, 5.41) is 27.9. The maximum absolute atomic E-state index is 12.6. The van der Waals surface area contributed by atoms with Crippen molar-refractivity contribution in [2.75, 3.05) is 39.1 Å². The maximum atomic E-state index is 12.6. The number of nitrogens with zero attached hydrogens (tertiary/aromatic N) is 1. The first-order valence-corrected chi connectivity index (χ1v) is 13.7. The summed E-state index contributed by atoms with van der Waals surface area (Å²) in [6.45, 7) is 1.42. The van der Waals surface area contributed by atoms with Crippen molar-refractivity contribution in [2.24, 2.45) is 0 Å². The Hall–Kier alpha value is -3.55. The molecule has 2 aromatic carbocycles. The molecule has 1 aromatic heterocycles. The molecule has 10 heteroatoms. The van der Waals surface area contributed by atoms with E-state index < -0.39 is 6.10 Å². The Morgan fingerprint density at radius 1 is 1.27 bits per heavy atom. The summed E-state index contributed by atoms with van der Waals surface area (Å²) < 4.78 is 5.56. The van der Waals surface area contributed by atoms with Crippen molar-refractivity contribution in [1.82, 2.24) is 15.2 Å². The van der Waals surface area contributed by atoms with Gasteiger partial charge in [-0.25, -0.2) is 0 Å². The van der Waals surface area contributed by atoms with Gasteiger partial charge in [-0.1, -0.05) is 17.7 Å². The number of methoxy groups -OCH3 is 1. The second kappa shape index (κ2) is 13.7. The number of pyridine rings is 1. The van der Waals surface area contributed by atoms with Crippen molar-refractivity contribution in [2.45, 2.75) is 44.2 Å². The number of benzene rings is 2. The van der Waals surface area contributed by atoms with Crippen LogP contribution in [-0.2, 0) is 11.2 Å². The number of ether oxygens (including phenoxy) is 1. The SMILES string of the molecule is COc1cc(NC(=O)CCN(C)C2CC#CCC2)c(Cl)cc1CCNC[C@H](O)c1ccc(O)c2[nH]c(=O)ccc12. The highest BCUT2D eigenvalue weighted by atomic mass is 35.5. The van der Waals surface area contributed by atoms with E-state index in [4.69, 9.17) is 16.3 Å². The number of carbonyl (C=O) groups is 1. The van der Waals surface area contributed by atoms with E-state index in [1.165, 1.54) is 12.1 Å². The molecule has 3 aromatic rings. The molecule has 0 fully saturated rings. The molecular weight excluding hydrogens is 532 g/mol. The van der Waals surface area contributed by atoms with Crippen LogP contribution in [0, 0.1) is 11.8 Å². The molecule has 0 radical (unpaired) electrons. The minimum atomic E-state index is -0.859. The summed E-state index contributed by atoms with van der Waals surface area (Å²) in [7, 11) is 3.59. The van der Waals surface area contributed by atoms with E-state index in [1.54, 1.807) is 31.4 Å². The van der Waals surface area contributed by atoms with Gasteiger partial charge in [0.2, 0.25) is 11.5 Å². The summed E-state index contributed by atoms with van der Waals surface area (Å²) in [5.74, 6) is 6.69. The molecule has 9 nitrogen and oxygen atoms in total. The van der Waals surface area contributed by atoms with E-state index in [9.17, 15) is 19.8 Å². The highest BCUT2D eigenvalue weighted by Crippen LogP contribution is 2.32. The summed E-state index contributed by atoms with van der Waals surface area (Å²) in [6.07, 6.45) is 2.83. The van der Waals surface area contributed by atoms with E-state index in [1.807, 2.05) is 7.05 Å². The Balaban J connectivity index is 1.30. The third-order valence-corrected chi connectivity index (χ3v) is 7.51. The molecule has 4 rings (SSSR count). The largest absolute Gasteiger partial charge is 0.506 e. The third-order valence-electron chi connectivity index (χ3n) is 7.20. The lowest BCUT2D eigenvalue weighted by Gasteiger charge is -2.27. The van der Waals surface area contributed by atoms with Gasteiger partial charge in [0.05, 0.1) is 29.4 Å². The van der Waals surface area contributed by atoms with Gasteiger partial charge < -0.3 is 35.5 Å². The van der Waals surface area contributed by atoms with Gasteiger partial charge in [0.1, 0.15) is 11.5 Å². The van der Waals surface area contributed by atoms with Crippen LogP contribution in [0.4, 0.5) is 5.69 Å². The van der Waals surface area contributed by atoms with E-state index in [0.29, 0.717) is 64.9 Å². The van der Waals surface area contributed by atoms with Gasteiger partial charge >= 0.3 is 0 Å². The third kappa shape index (κ3) is 7.34. The lowest BCUT2D eigenvalue weighted by molar-refractivity contribution is -0.116. The quantitative estimate of drug-likeness (QED) is 0.167. The Morgan fingerprint density at radius 3 is 2.85 bits per heavy atom. The Labute approximate surface area is 238 Å². The Kier molecular flexibility index (Phi) is 10.1. The molecule has 0 saturated heterocycles. The molecule has 1 aliphatic carbocycles. The summed E-state index contributed by atoms with van der Waals surface area (Å²) in [6, 6.07) is 9.94. The molecule has 1 unspecified atom stereocenters. The number of hydrogen-bond donors (Lipinski definition) is 5. The van der Waals surface area contributed by atoms with Crippen molar-refractivity contribution < 1.29 is 19.7 Å². The van der Waals surface area contributed by atoms with Crippen LogP contribution in [0.1, 0.15) is 42.9 Å². The van der Waals surface area contributed by atoms with Gasteiger partial charge in [-0.15, -0.1) is 11.8 Å². The van der Waals surface area contributed by atoms with Gasteiger partial charge in [0, 0.05) is 55.9 Å². The van der Waals surface area contributed by atoms with Crippen LogP contribution in [-0.4, -0.2) is 65.8 Å². The number of hydrogen-bond acceptors (Lipinski definition) is 7. The number of rotatable bonds is 12. The Bertz CT molecular complexity index is 1480. The lowest BCUT2D eigenvalue weighted by atomic mass is 10.0. The summed E-state index contributed by atoms with van der Waals surface area (Å²) in [4.78, 5) is 29.0. The van der Waals surface area contributed by atoms with Crippen LogP contribution in [0.25, 0.3) is 10.9 Å². The van der Waals surface area contributed by atoms with Crippen molar-refractivity contribution in [3.05, 3.63) is 62.9 Å². The summed E-state index contributed by atoms with van der Waals surface area (Å²) in [5.41, 5.74) is 1.92. The number of amides is 1. The number of phenolic OH excluding ortho intramolecular Hbond substituents is 1. The number of halogens is 1. The predicted octanol–water partition coefficient (Wildman–Crippen LogP) is 3.58. The maximum Gasteiger partial charge on any atom is 0.248 e. The molecule has 40 heavy (non-hydrogen) atoms. The van der Waals surface area contributed by atoms with Gasteiger partial charge in [-0.05, 0) is 55.8 Å². The second-order valence-corrected chi connectivity index (χ2v) is 10.3. The molecular formula is C30H35ClN4O5. The normalized spacial score (nSPS) is 15.5. The fraction of sp³-hybridized carbons (Fsp3) is 0.400. The number of anilines is 1. The van der Waals surface area contributed by atoms with Gasteiger partial charge in [0.15, 0.2) is 0 Å². The molecule has 0 bridgehead atoms. The fourth-order valence-corrected chi connectivity index (χ4v) is 5.10. The van der Waals surface area contributed by atoms with Gasteiger partial charge in [-0.2, -0.15) is 0 Å². The topological polar surface area (TPSA) is 127 Å².